The van der Waals surface area contributed by atoms with Crippen molar-refractivity contribution < 1.29 is 0 Å². The molecule has 0 aromatic heterocycles. The molecule has 0 aromatic carbocycles. The Kier molecular flexibility index (Phi) is 6.65. The first-order chi connectivity index (χ1) is 8.47. The van der Waals surface area contributed by atoms with Crippen molar-refractivity contribution in [3.63, 3.8) is 0 Å². The summed E-state index contributed by atoms with van der Waals surface area (Å²) in [6.45, 7) is 11.6. The molecule has 0 amide bonds. The fraction of sp³-hybridized carbons (Fsp3) is 1.00. The highest BCUT2D eigenvalue weighted by molar-refractivity contribution is 4.85. The summed E-state index contributed by atoms with van der Waals surface area (Å²) in [5, 5.41) is 3.58. The molecular weight excluding hydrogens is 220 g/mol. The minimum atomic E-state index is 0.344. The molecule has 1 aliphatic rings. The van der Waals surface area contributed by atoms with E-state index in [0.717, 1.165) is 12.6 Å². The van der Waals surface area contributed by atoms with Crippen LogP contribution in [0, 0.1) is 5.41 Å². The van der Waals surface area contributed by atoms with Gasteiger partial charge in [0.25, 0.3) is 0 Å². The SMILES string of the molecule is CCNC(C)C(C)(C)CN(C)C1CCCCCC1. The zero-order chi connectivity index (χ0) is 13.6. The number of nitrogens with zero attached hydrogens (tertiary/aromatic N) is 1. The molecule has 1 saturated carbocycles. The lowest BCUT2D eigenvalue weighted by molar-refractivity contribution is 0.122. The van der Waals surface area contributed by atoms with Gasteiger partial charge in [0.1, 0.15) is 0 Å². The Morgan fingerprint density at radius 2 is 1.72 bits per heavy atom. The molecule has 108 valence electrons. The predicted molar refractivity (Wildman–Crippen MR) is 81.0 cm³/mol. The molecule has 0 aromatic rings. The predicted octanol–water partition coefficient (Wildman–Crippen LogP) is 3.67. The van der Waals surface area contributed by atoms with Crippen LogP contribution in [0.15, 0.2) is 0 Å². The summed E-state index contributed by atoms with van der Waals surface area (Å²) < 4.78 is 0. The van der Waals surface area contributed by atoms with E-state index in [1.165, 1.54) is 45.1 Å². The second-order valence-corrected chi connectivity index (χ2v) is 6.83. The largest absolute Gasteiger partial charge is 0.314 e. The molecule has 1 rings (SSSR count). The van der Waals surface area contributed by atoms with Crippen LogP contribution in [0.3, 0.4) is 0 Å². The highest BCUT2D eigenvalue weighted by Gasteiger charge is 2.29. The topological polar surface area (TPSA) is 15.3 Å². The van der Waals surface area contributed by atoms with E-state index in [9.17, 15) is 0 Å². The number of nitrogens with one attached hydrogen (secondary N) is 1. The van der Waals surface area contributed by atoms with Gasteiger partial charge in [0.15, 0.2) is 0 Å². The van der Waals surface area contributed by atoms with Crippen LogP contribution in [0.4, 0.5) is 0 Å². The van der Waals surface area contributed by atoms with E-state index < -0.39 is 0 Å². The molecule has 0 heterocycles. The molecule has 2 heteroatoms. The molecule has 2 nitrogen and oxygen atoms in total. The summed E-state index contributed by atoms with van der Waals surface area (Å²) in [6, 6.07) is 1.40. The van der Waals surface area contributed by atoms with Crippen molar-refractivity contribution in [3.05, 3.63) is 0 Å². The van der Waals surface area contributed by atoms with E-state index >= 15 is 0 Å². The highest BCUT2D eigenvalue weighted by atomic mass is 15.1. The van der Waals surface area contributed by atoms with Crippen molar-refractivity contribution in [1.29, 1.82) is 0 Å². The summed E-state index contributed by atoms with van der Waals surface area (Å²) in [4.78, 5) is 2.62. The first kappa shape index (κ1) is 16.0. The molecular formula is C16H34N2. The fourth-order valence-electron chi connectivity index (χ4n) is 3.19. The van der Waals surface area contributed by atoms with E-state index in [0.29, 0.717) is 11.5 Å². The number of hydrogen-bond donors (Lipinski definition) is 1. The Balaban J connectivity index is 2.48. The normalized spacial score (nSPS) is 21.0. The third kappa shape index (κ3) is 4.89. The summed E-state index contributed by atoms with van der Waals surface area (Å²) >= 11 is 0. The van der Waals surface area contributed by atoms with Gasteiger partial charge in [-0.2, -0.15) is 0 Å². The molecule has 0 bridgehead atoms. The first-order valence-corrected chi connectivity index (χ1v) is 7.91. The zero-order valence-corrected chi connectivity index (χ0v) is 13.3. The zero-order valence-electron chi connectivity index (χ0n) is 13.3. The lowest BCUT2D eigenvalue weighted by atomic mass is 9.84. The van der Waals surface area contributed by atoms with Crippen LogP contribution in [-0.2, 0) is 0 Å². The van der Waals surface area contributed by atoms with Crippen LogP contribution in [0.2, 0.25) is 0 Å². The van der Waals surface area contributed by atoms with Gasteiger partial charge in [-0.25, -0.2) is 0 Å². The van der Waals surface area contributed by atoms with Crippen molar-refractivity contribution in [2.75, 3.05) is 20.1 Å². The van der Waals surface area contributed by atoms with Crippen LogP contribution in [-0.4, -0.2) is 37.1 Å². The average molecular weight is 254 g/mol. The molecule has 0 saturated heterocycles. The van der Waals surface area contributed by atoms with Gasteiger partial charge in [0.2, 0.25) is 0 Å². The smallest absolute Gasteiger partial charge is 0.0102 e. The monoisotopic (exact) mass is 254 g/mol. The van der Waals surface area contributed by atoms with Gasteiger partial charge in [-0.1, -0.05) is 46.5 Å². The van der Waals surface area contributed by atoms with Crippen molar-refractivity contribution >= 4 is 0 Å². The number of hydrogen-bond acceptors (Lipinski definition) is 2. The molecule has 18 heavy (non-hydrogen) atoms. The van der Waals surface area contributed by atoms with E-state index in [2.05, 4.69) is 45.0 Å². The lowest BCUT2D eigenvalue weighted by Gasteiger charge is -2.39. The van der Waals surface area contributed by atoms with E-state index in [1.54, 1.807) is 0 Å². The Morgan fingerprint density at radius 3 is 2.22 bits per heavy atom. The maximum absolute atomic E-state index is 3.58. The van der Waals surface area contributed by atoms with E-state index in [4.69, 9.17) is 0 Å². The average Bonchev–Trinajstić information content (AvgIpc) is 2.57. The standard InChI is InChI=1S/C16H34N2/c1-6-17-14(2)16(3,4)13-18(5)15-11-9-7-8-10-12-15/h14-15,17H,6-13H2,1-5H3. The third-order valence-corrected chi connectivity index (χ3v) is 4.79. The van der Waals surface area contributed by atoms with Gasteiger partial charge in [0.05, 0.1) is 0 Å². The highest BCUT2D eigenvalue weighted by Crippen LogP contribution is 2.26. The van der Waals surface area contributed by atoms with Crippen molar-refractivity contribution in [2.24, 2.45) is 5.41 Å². The van der Waals surface area contributed by atoms with Crippen LogP contribution in [0.1, 0.15) is 66.2 Å². The van der Waals surface area contributed by atoms with Crippen LogP contribution < -0.4 is 5.32 Å². The summed E-state index contributed by atoms with van der Waals surface area (Å²) in [6.07, 6.45) is 8.56. The molecule has 0 spiro atoms. The lowest BCUT2D eigenvalue weighted by Crippen LogP contribution is -2.48. The second kappa shape index (κ2) is 7.49. The van der Waals surface area contributed by atoms with Gasteiger partial charge in [-0.05, 0) is 38.8 Å². The maximum Gasteiger partial charge on any atom is 0.0102 e. The molecule has 1 fully saturated rings. The molecule has 1 unspecified atom stereocenters. The molecule has 1 aliphatic carbocycles. The van der Waals surface area contributed by atoms with Crippen LogP contribution >= 0.6 is 0 Å². The summed E-state index contributed by atoms with van der Waals surface area (Å²) in [5.41, 5.74) is 0.344. The molecule has 0 radical (unpaired) electrons. The third-order valence-electron chi connectivity index (χ3n) is 4.79. The minimum absolute atomic E-state index is 0.344. The fourth-order valence-corrected chi connectivity index (χ4v) is 3.19. The Morgan fingerprint density at radius 1 is 1.17 bits per heavy atom. The summed E-state index contributed by atoms with van der Waals surface area (Å²) in [5.74, 6) is 0. The second-order valence-electron chi connectivity index (χ2n) is 6.83. The van der Waals surface area contributed by atoms with E-state index in [-0.39, 0.29) is 0 Å². The molecule has 0 aliphatic heterocycles. The van der Waals surface area contributed by atoms with Gasteiger partial charge >= 0.3 is 0 Å². The minimum Gasteiger partial charge on any atom is -0.314 e. The van der Waals surface area contributed by atoms with E-state index in [1.807, 2.05) is 0 Å². The Labute approximate surface area is 115 Å². The molecule has 1 N–H and O–H groups in total. The maximum atomic E-state index is 3.58. The molecule has 1 atom stereocenters. The van der Waals surface area contributed by atoms with Gasteiger partial charge in [-0.3, -0.25) is 0 Å². The Hall–Kier alpha value is -0.0800. The first-order valence-electron chi connectivity index (χ1n) is 7.91. The van der Waals surface area contributed by atoms with Crippen LogP contribution in [0.5, 0.6) is 0 Å². The number of rotatable bonds is 6. The van der Waals surface area contributed by atoms with Crippen LogP contribution in [0.25, 0.3) is 0 Å². The Bertz CT molecular complexity index is 217. The van der Waals surface area contributed by atoms with Crippen molar-refractivity contribution in [2.45, 2.75) is 78.3 Å². The van der Waals surface area contributed by atoms with Gasteiger partial charge in [-0.15, -0.1) is 0 Å². The summed E-state index contributed by atoms with van der Waals surface area (Å²) in [7, 11) is 2.33. The van der Waals surface area contributed by atoms with Gasteiger partial charge < -0.3 is 10.2 Å². The quantitative estimate of drug-likeness (QED) is 0.728. The van der Waals surface area contributed by atoms with Gasteiger partial charge in [0, 0.05) is 18.6 Å². The van der Waals surface area contributed by atoms with Crippen molar-refractivity contribution in [3.8, 4) is 0 Å². The van der Waals surface area contributed by atoms with Crippen molar-refractivity contribution in [1.82, 2.24) is 10.2 Å².